The summed E-state index contributed by atoms with van der Waals surface area (Å²) in [6.45, 7) is 6.24. The molecule has 4 aromatic rings. The van der Waals surface area contributed by atoms with Crippen LogP contribution in [-0.4, -0.2) is 54.9 Å². The third-order valence-corrected chi connectivity index (χ3v) is 7.32. The lowest BCUT2D eigenvalue weighted by Crippen LogP contribution is -2.37. The summed E-state index contributed by atoms with van der Waals surface area (Å²) >= 11 is 30.2. The lowest BCUT2D eigenvalue weighted by atomic mass is 9.94. The van der Waals surface area contributed by atoms with Crippen molar-refractivity contribution >= 4 is 64.0 Å². The molecule has 41 heavy (non-hydrogen) atoms. The van der Waals surface area contributed by atoms with E-state index in [1.165, 1.54) is 10.9 Å². The Morgan fingerprint density at radius 2 is 1.66 bits per heavy atom. The van der Waals surface area contributed by atoms with Crippen LogP contribution in [0.3, 0.4) is 0 Å². The smallest absolute Gasteiger partial charge is 0.329 e. The lowest BCUT2D eigenvalue weighted by Gasteiger charge is -2.22. The van der Waals surface area contributed by atoms with Gasteiger partial charge in [0.15, 0.2) is 5.75 Å². The van der Waals surface area contributed by atoms with E-state index < -0.39 is 0 Å². The quantitative estimate of drug-likeness (QED) is 0.161. The maximum Gasteiger partial charge on any atom is 0.329 e. The predicted octanol–water partition coefficient (Wildman–Crippen LogP) is 8.77. The van der Waals surface area contributed by atoms with Crippen LogP contribution < -0.4 is 4.74 Å². The number of benzene rings is 2. The predicted molar refractivity (Wildman–Crippen MR) is 166 cm³/mol. The van der Waals surface area contributed by atoms with Crippen molar-refractivity contribution in [2.45, 2.75) is 45.6 Å². The minimum Gasteiger partial charge on any atom is -0.489 e. The van der Waals surface area contributed by atoms with Crippen LogP contribution in [0, 0.1) is 0 Å². The van der Waals surface area contributed by atoms with Crippen molar-refractivity contribution in [2.24, 2.45) is 0 Å². The molecule has 0 saturated heterocycles. The summed E-state index contributed by atoms with van der Waals surface area (Å²) in [5, 5.41) is 6.65. The summed E-state index contributed by atoms with van der Waals surface area (Å²) in [4.78, 5) is 21.9. The van der Waals surface area contributed by atoms with Gasteiger partial charge in [-0.15, -0.1) is 0 Å². The van der Waals surface area contributed by atoms with E-state index in [4.69, 9.17) is 62.7 Å². The van der Waals surface area contributed by atoms with Crippen LogP contribution in [0.1, 0.15) is 44.6 Å². The van der Waals surface area contributed by atoms with Gasteiger partial charge in [-0.2, -0.15) is 5.10 Å². The highest BCUT2D eigenvalue weighted by Gasteiger charge is 2.17. The zero-order valence-corrected chi connectivity index (χ0v) is 26.5. The van der Waals surface area contributed by atoms with Crippen LogP contribution in [0.15, 0.2) is 61.7 Å². The molecule has 13 heteroatoms. The van der Waals surface area contributed by atoms with E-state index >= 15 is 0 Å². The monoisotopic (exact) mass is 658 g/mol. The minimum absolute atomic E-state index is 0.152. The van der Waals surface area contributed by atoms with Crippen LogP contribution in [0.4, 0.5) is 4.79 Å². The first-order valence-electron chi connectivity index (χ1n) is 13.0. The fourth-order valence-corrected chi connectivity index (χ4v) is 5.60. The molecule has 1 amide bonds. The zero-order chi connectivity index (χ0) is 29.8. The second-order valence-electron chi connectivity index (χ2n) is 9.06. The molecule has 8 nitrogen and oxygen atoms in total. The summed E-state index contributed by atoms with van der Waals surface area (Å²) in [5.74, 6) is 0.700. The summed E-state index contributed by atoms with van der Waals surface area (Å²) in [6, 6.07) is 8.65. The Labute approximate surface area is 265 Å². The second kappa shape index (κ2) is 16.8. The van der Waals surface area contributed by atoms with Gasteiger partial charge in [0.2, 0.25) is 0 Å². The number of halogens is 5. The van der Waals surface area contributed by atoms with Crippen molar-refractivity contribution in [1.29, 1.82) is 0 Å². The molecule has 4 rings (SSSR count). The van der Waals surface area contributed by atoms with E-state index in [9.17, 15) is 4.79 Å². The number of carbonyl (C=O) groups is 1. The fraction of sp³-hybridized carbons (Fsp3) is 0.357. The molecule has 0 N–H and O–H groups in total. The van der Waals surface area contributed by atoms with Gasteiger partial charge in [-0.1, -0.05) is 84.3 Å². The Balaban J connectivity index is 0.000000232. The Kier molecular flexibility index (Phi) is 13.6. The van der Waals surface area contributed by atoms with Crippen molar-refractivity contribution < 1.29 is 9.53 Å². The molecule has 1 unspecified atom stereocenters. The largest absolute Gasteiger partial charge is 0.489 e. The van der Waals surface area contributed by atoms with Crippen molar-refractivity contribution in [3.05, 3.63) is 92.4 Å². The third-order valence-electron chi connectivity index (χ3n) is 5.97. The SMILES string of the molecule is CCCC(Cn1cncn1)c1ccc(Cl)cc1Cl.CCCN(CCOc1c(Cl)cc(Cl)cc1Cl)C(=O)n1ccnc1. The number of nitrogens with zero attached hydrogens (tertiary/aromatic N) is 6. The molecule has 0 saturated carbocycles. The topological polar surface area (TPSA) is 78.1 Å². The molecule has 0 aliphatic heterocycles. The molecule has 0 fully saturated rings. The summed E-state index contributed by atoms with van der Waals surface area (Å²) in [7, 11) is 0. The number of ether oxygens (including phenoxy) is 1. The molecular formula is C28H31Cl5N6O2. The number of amides is 1. The van der Waals surface area contributed by atoms with Gasteiger partial charge in [0, 0.05) is 46.5 Å². The molecule has 0 spiro atoms. The van der Waals surface area contributed by atoms with E-state index in [1.54, 1.807) is 48.1 Å². The third kappa shape index (κ3) is 10.1. The van der Waals surface area contributed by atoms with Gasteiger partial charge in [-0.05, 0) is 42.7 Å². The highest BCUT2D eigenvalue weighted by molar-refractivity contribution is 6.40. The fourth-order valence-electron chi connectivity index (χ4n) is 4.11. The zero-order valence-electron chi connectivity index (χ0n) is 22.7. The van der Waals surface area contributed by atoms with Crippen LogP contribution in [-0.2, 0) is 6.54 Å². The van der Waals surface area contributed by atoms with Crippen LogP contribution in [0.2, 0.25) is 25.1 Å². The van der Waals surface area contributed by atoms with E-state index in [-0.39, 0.29) is 12.6 Å². The molecule has 2 heterocycles. The summed E-state index contributed by atoms with van der Waals surface area (Å²) in [6.07, 6.45) is 10.9. The van der Waals surface area contributed by atoms with Crippen LogP contribution in [0.5, 0.6) is 5.75 Å². The number of carbonyl (C=O) groups excluding carboxylic acids is 1. The van der Waals surface area contributed by atoms with E-state index in [1.807, 2.05) is 23.7 Å². The first kappa shape index (κ1) is 33.0. The molecule has 0 aliphatic rings. The first-order valence-corrected chi connectivity index (χ1v) is 14.9. The molecule has 220 valence electrons. The average molecular weight is 661 g/mol. The van der Waals surface area contributed by atoms with Gasteiger partial charge < -0.3 is 9.64 Å². The van der Waals surface area contributed by atoms with Crippen molar-refractivity contribution in [3.63, 3.8) is 0 Å². The Morgan fingerprint density at radius 3 is 2.24 bits per heavy atom. The molecular weight excluding hydrogens is 630 g/mol. The standard InChI is InChI=1S/C15H16Cl3N3O2.C13H15Cl2N3/c1-2-4-20(15(22)21-5-3-19-10-21)6-7-23-14-12(17)8-11(16)9-13(14)18;1-2-3-10(7-18-9-16-8-17-18)12-5-4-11(14)6-13(12)15/h3,5,8-10H,2,4,6-7H2,1H3;4-6,8-10H,2-3,7H2,1H3. The highest BCUT2D eigenvalue weighted by Crippen LogP contribution is 2.36. The molecule has 2 aromatic heterocycles. The van der Waals surface area contributed by atoms with Gasteiger partial charge in [-0.25, -0.2) is 14.8 Å². The van der Waals surface area contributed by atoms with Crippen LogP contribution in [0.25, 0.3) is 0 Å². The number of rotatable bonds is 11. The van der Waals surface area contributed by atoms with Crippen molar-refractivity contribution in [1.82, 2.24) is 29.2 Å². The lowest BCUT2D eigenvalue weighted by molar-refractivity contribution is 0.184. The number of hydrogen-bond acceptors (Lipinski definition) is 5. The normalized spacial score (nSPS) is 11.5. The summed E-state index contributed by atoms with van der Waals surface area (Å²) in [5.41, 5.74) is 1.12. The Hall–Kier alpha value is -2.49. The Bertz CT molecular complexity index is 1350. The maximum absolute atomic E-state index is 12.3. The van der Waals surface area contributed by atoms with Crippen molar-refractivity contribution in [2.75, 3.05) is 19.7 Å². The highest BCUT2D eigenvalue weighted by atomic mass is 35.5. The van der Waals surface area contributed by atoms with Crippen LogP contribution >= 0.6 is 58.0 Å². The molecule has 0 bridgehead atoms. The summed E-state index contributed by atoms with van der Waals surface area (Å²) < 4.78 is 8.89. The number of aromatic nitrogens is 5. The Morgan fingerprint density at radius 1 is 0.927 bits per heavy atom. The van der Waals surface area contributed by atoms with E-state index in [0.717, 1.165) is 36.4 Å². The number of hydrogen-bond donors (Lipinski definition) is 0. The van der Waals surface area contributed by atoms with Gasteiger partial charge >= 0.3 is 6.03 Å². The average Bonchev–Trinajstić information content (AvgIpc) is 3.64. The van der Waals surface area contributed by atoms with E-state index in [2.05, 4.69) is 22.0 Å². The number of imidazole rings is 1. The molecule has 1 atom stereocenters. The van der Waals surface area contributed by atoms with E-state index in [0.29, 0.717) is 44.8 Å². The van der Waals surface area contributed by atoms with Crippen molar-refractivity contribution in [3.8, 4) is 5.75 Å². The van der Waals surface area contributed by atoms with Gasteiger partial charge in [0.05, 0.1) is 16.6 Å². The van der Waals surface area contributed by atoms with Gasteiger partial charge in [0.25, 0.3) is 0 Å². The molecule has 0 aliphatic carbocycles. The second-order valence-corrected chi connectivity index (χ2v) is 11.2. The molecule has 2 aromatic carbocycles. The van der Waals surface area contributed by atoms with Gasteiger partial charge in [-0.3, -0.25) is 9.25 Å². The van der Waals surface area contributed by atoms with Gasteiger partial charge in [0.1, 0.15) is 25.6 Å². The maximum atomic E-state index is 12.3. The molecule has 0 radical (unpaired) electrons. The minimum atomic E-state index is -0.152. The first-order chi connectivity index (χ1) is 19.7.